The highest BCUT2D eigenvalue weighted by Gasteiger charge is 2.18. The predicted octanol–water partition coefficient (Wildman–Crippen LogP) is 8.69. The molecule has 31 heavy (non-hydrogen) atoms. The van der Waals surface area contributed by atoms with Crippen LogP contribution in [0, 0.1) is 0 Å². The van der Waals surface area contributed by atoms with Crippen molar-refractivity contribution >= 4 is 37.6 Å². The lowest BCUT2D eigenvalue weighted by Crippen LogP contribution is -2.07. The van der Waals surface area contributed by atoms with Gasteiger partial charge in [0, 0.05) is 11.1 Å². The zero-order valence-corrected chi connectivity index (χ0v) is 23.1. The van der Waals surface area contributed by atoms with Crippen molar-refractivity contribution in [3.05, 3.63) is 32.7 Å². The topological polar surface area (TPSA) is 40.0 Å². The largest absolute Gasteiger partial charge is 0.493 e. The van der Waals surface area contributed by atoms with Crippen molar-refractivity contribution in [2.24, 2.45) is 5.16 Å². The molecule has 4 nitrogen and oxygen atoms in total. The van der Waals surface area contributed by atoms with Crippen LogP contribution >= 0.6 is 31.9 Å². The molecule has 1 aromatic rings. The summed E-state index contributed by atoms with van der Waals surface area (Å²) < 4.78 is 13.2. The molecule has 0 heterocycles. The van der Waals surface area contributed by atoms with Gasteiger partial charge in [-0.25, -0.2) is 0 Å². The SMILES string of the molecule is CC(C)=NOCCCCCCCOc1c(C(C)C)cc(OCC=C(Br)Br)cc1C(C)C. The highest BCUT2D eigenvalue weighted by Crippen LogP contribution is 2.38. The van der Waals surface area contributed by atoms with Crippen LogP contribution in [0.5, 0.6) is 11.5 Å². The van der Waals surface area contributed by atoms with Gasteiger partial charge in [0.2, 0.25) is 0 Å². The van der Waals surface area contributed by atoms with Crippen molar-refractivity contribution in [1.82, 2.24) is 0 Å². The number of nitrogens with zero attached hydrogens (tertiary/aromatic N) is 1. The molecule has 1 aromatic carbocycles. The second-order valence-electron chi connectivity index (χ2n) is 8.53. The number of unbranched alkanes of at least 4 members (excludes halogenated alkanes) is 4. The maximum Gasteiger partial charge on any atom is 0.126 e. The Labute approximate surface area is 206 Å². The average Bonchev–Trinajstić information content (AvgIpc) is 2.68. The zero-order chi connectivity index (χ0) is 23.2. The van der Waals surface area contributed by atoms with Crippen molar-refractivity contribution in [3.8, 4) is 11.5 Å². The number of hydrogen-bond donors (Lipinski definition) is 0. The number of halogens is 2. The molecule has 0 atom stereocenters. The molecule has 0 saturated carbocycles. The number of ether oxygens (including phenoxy) is 2. The molecule has 0 fully saturated rings. The van der Waals surface area contributed by atoms with Gasteiger partial charge in [-0.3, -0.25) is 0 Å². The van der Waals surface area contributed by atoms with Gasteiger partial charge >= 0.3 is 0 Å². The van der Waals surface area contributed by atoms with Crippen LogP contribution in [-0.2, 0) is 4.84 Å². The van der Waals surface area contributed by atoms with Crippen molar-refractivity contribution in [3.63, 3.8) is 0 Å². The van der Waals surface area contributed by atoms with Crippen molar-refractivity contribution < 1.29 is 14.3 Å². The van der Waals surface area contributed by atoms with Gasteiger partial charge in [-0.2, -0.15) is 0 Å². The van der Waals surface area contributed by atoms with E-state index in [1.54, 1.807) is 0 Å². The second kappa shape index (κ2) is 15.7. The maximum atomic E-state index is 6.34. The Kier molecular flexibility index (Phi) is 14.2. The van der Waals surface area contributed by atoms with Crippen LogP contribution in [0.4, 0.5) is 0 Å². The van der Waals surface area contributed by atoms with E-state index in [1.807, 2.05) is 19.9 Å². The van der Waals surface area contributed by atoms with E-state index in [0.29, 0.717) is 25.0 Å². The normalized spacial score (nSPS) is 10.9. The molecule has 0 aromatic heterocycles. The lowest BCUT2D eigenvalue weighted by Gasteiger charge is -2.22. The lowest BCUT2D eigenvalue weighted by atomic mass is 9.93. The van der Waals surface area contributed by atoms with Gasteiger partial charge in [-0.1, -0.05) is 45.7 Å². The Morgan fingerprint density at radius 3 is 1.94 bits per heavy atom. The molecule has 0 N–H and O–H groups in total. The van der Waals surface area contributed by atoms with Gasteiger partial charge in [0.05, 0.1) is 15.7 Å². The van der Waals surface area contributed by atoms with E-state index >= 15 is 0 Å². The summed E-state index contributed by atoms with van der Waals surface area (Å²) in [6.07, 6.45) is 7.58. The second-order valence-corrected chi connectivity index (χ2v) is 11.3. The molecule has 176 valence electrons. The van der Waals surface area contributed by atoms with Crippen LogP contribution in [0.2, 0.25) is 0 Å². The van der Waals surface area contributed by atoms with Crippen LogP contribution in [0.25, 0.3) is 0 Å². The third-order valence-corrected chi connectivity index (χ3v) is 5.37. The maximum absolute atomic E-state index is 6.34. The molecule has 0 spiro atoms. The first kappa shape index (κ1) is 28.0. The van der Waals surface area contributed by atoms with E-state index in [0.717, 1.165) is 46.5 Å². The van der Waals surface area contributed by atoms with E-state index in [9.17, 15) is 0 Å². The molecule has 6 heteroatoms. The minimum absolute atomic E-state index is 0.365. The third-order valence-electron chi connectivity index (χ3n) is 4.73. The van der Waals surface area contributed by atoms with Crippen molar-refractivity contribution in [1.29, 1.82) is 0 Å². The molecule has 0 aliphatic rings. The van der Waals surface area contributed by atoms with Crippen molar-refractivity contribution in [2.75, 3.05) is 19.8 Å². The summed E-state index contributed by atoms with van der Waals surface area (Å²) in [5.74, 6) is 2.66. The van der Waals surface area contributed by atoms with Gasteiger partial charge in [-0.05, 0) is 95.0 Å². The first-order chi connectivity index (χ1) is 14.7. The summed E-state index contributed by atoms with van der Waals surface area (Å²) in [7, 11) is 0. The fraction of sp³-hybridized carbons (Fsp3) is 0.640. The molecule has 0 amide bonds. The molecule has 0 aliphatic heterocycles. The van der Waals surface area contributed by atoms with Gasteiger partial charge in [0.1, 0.15) is 24.7 Å². The molecule has 0 radical (unpaired) electrons. The van der Waals surface area contributed by atoms with E-state index in [1.165, 1.54) is 24.0 Å². The fourth-order valence-corrected chi connectivity index (χ4v) is 3.37. The van der Waals surface area contributed by atoms with E-state index in [2.05, 4.69) is 76.8 Å². The Hall–Kier alpha value is -1.01. The monoisotopic (exact) mass is 559 g/mol. The van der Waals surface area contributed by atoms with Crippen LogP contribution in [0.15, 0.2) is 26.8 Å². The molecule has 0 bridgehead atoms. The Balaban J connectivity index is 2.61. The number of benzene rings is 1. The van der Waals surface area contributed by atoms with E-state index in [4.69, 9.17) is 14.3 Å². The van der Waals surface area contributed by atoms with Gasteiger partial charge < -0.3 is 14.3 Å². The number of rotatable bonds is 15. The van der Waals surface area contributed by atoms with E-state index < -0.39 is 0 Å². The standard InChI is InChI=1S/C25H39Br2NO3/c1-18(2)22-16-21(29-15-12-24(26)27)17-23(19(3)4)25(22)30-13-10-8-7-9-11-14-31-28-20(5)6/h12,16-19H,7-11,13-15H2,1-6H3. The first-order valence-corrected chi connectivity index (χ1v) is 12.9. The Bertz CT molecular complexity index is 678. The molecule has 1 rings (SSSR count). The summed E-state index contributed by atoms with van der Waals surface area (Å²) in [5, 5.41) is 3.96. The summed E-state index contributed by atoms with van der Waals surface area (Å²) >= 11 is 6.74. The summed E-state index contributed by atoms with van der Waals surface area (Å²) in [4.78, 5) is 5.24. The molecule has 0 aliphatic carbocycles. The van der Waals surface area contributed by atoms with Crippen LogP contribution in [-0.4, -0.2) is 25.5 Å². The zero-order valence-electron chi connectivity index (χ0n) is 20.0. The van der Waals surface area contributed by atoms with Gasteiger partial charge in [-0.15, -0.1) is 0 Å². The molecule has 0 unspecified atom stereocenters. The van der Waals surface area contributed by atoms with E-state index in [-0.39, 0.29) is 0 Å². The average molecular weight is 561 g/mol. The highest BCUT2D eigenvalue weighted by molar-refractivity contribution is 9.28. The molecule has 0 saturated heterocycles. The van der Waals surface area contributed by atoms with Crippen LogP contribution in [0.3, 0.4) is 0 Å². The fourth-order valence-electron chi connectivity index (χ4n) is 3.10. The summed E-state index contributed by atoms with van der Waals surface area (Å²) in [6, 6.07) is 4.25. The Morgan fingerprint density at radius 2 is 1.42 bits per heavy atom. The minimum atomic E-state index is 0.365. The van der Waals surface area contributed by atoms with Gasteiger partial charge in [0.25, 0.3) is 0 Å². The molecular weight excluding hydrogens is 522 g/mol. The third kappa shape index (κ3) is 12.0. The summed E-state index contributed by atoms with van der Waals surface area (Å²) in [5.41, 5.74) is 3.39. The summed E-state index contributed by atoms with van der Waals surface area (Å²) in [6.45, 7) is 14.7. The first-order valence-electron chi connectivity index (χ1n) is 11.3. The minimum Gasteiger partial charge on any atom is -0.493 e. The van der Waals surface area contributed by atoms with Crippen LogP contribution < -0.4 is 9.47 Å². The smallest absolute Gasteiger partial charge is 0.126 e. The highest BCUT2D eigenvalue weighted by atomic mass is 79.9. The molecular formula is C25H39Br2NO3. The number of hydrogen-bond acceptors (Lipinski definition) is 4. The quantitative estimate of drug-likeness (QED) is 0.122. The van der Waals surface area contributed by atoms with Crippen LogP contribution in [0.1, 0.15) is 96.6 Å². The Morgan fingerprint density at radius 1 is 0.871 bits per heavy atom. The van der Waals surface area contributed by atoms with Crippen molar-refractivity contribution in [2.45, 2.75) is 85.5 Å². The number of oxime groups is 1. The predicted molar refractivity (Wildman–Crippen MR) is 139 cm³/mol. The lowest BCUT2D eigenvalue weighted by molar-refractivity contribution is 0.139. The van der Waals surface area contributed by atoms with Gasteiger partial charge in [0.15, 0.2) is 0 Å².